The van der Waals surface area contributed by atoms with Crippen molar-refractivity contribution in [3.63, 3.8) is 0 Å². The lowest BCUT2D eigenvalue weighted by Gasteiger charge is -2.36. The quantitative estimate of drug-likeness (QED) is 0.635. The van der Waals surface area contributed by atoms with Crippen LogP contribution in [0.4, 0.5) is 0 Å². The van der Waals surface area contributed by atoms with Crippen LogP contribution in [0.3, 0.4) is 0 Å². The van der Waals surface area contributed by atoms with Gasteiger partial charge in [-0.05, 0) is 55.5 Å². The molecule has 4 rings (SSSR count). The lowest BCUT2D eigenvalue weighted by molar-refractivity contribution is 0.0613. The number of aromatic nitrogens is 2. The number of likely N-dealkylation sites (tertiary alicyclic amines) is 1. The Morgan fingerprint density at radius 1 is 1.14 bits per heavy atom. The number of rotatable bonds is 6. The number of hydrogen-bond acceptors (Lipinski definition) is 3. The molecule has 1 amide bonds. The smallest absolute Gasteiger partial charge is 0.254 e. The van der Waals surface area contributed by atoms with Gasteiger partial charge in [0.15, 0.2) is 0 Å². The molecule has 5 heteroatoms. The second-order valence-corrected chi connectivity index (χ2v) is 7.57. The maximum atomic E-state index is 13.4. The number of benzene rings is 2. The summed E-state index contributed by atoms with van der Waals surface area (Å²) in [4.78, 5) is 15.5. The first-order valence-corrected chi connectivity index (χ1v) is 10.2. The van der Waals surface area contributed by atoms with Gasteiger partial charge >= 0.3 is 0 Å². The Hall–Kier alpha value is -3.08. The number of methoxy groups -OCH3 is 1. The van der Waals surface area contributed by atoms with Crippen LogP contribution in [0, 0.1) is 0 Å². The molecule has 1 saturated heterocycles. The van der Waals surface area contributed by atoms with E-state index in [1.165, 1.54) is 12.0 Å². The van der Waals surface area contributed by atoms with Gasteiger partial charge in [-0.25, -0.2) is 0 Å². The summed E-state index contributed by atoms with van der Waals surface area (Å²) in [7, 11) is 1.66. The number of piperidine rings is 1. The summed E-state index contributed by atoms with van der Waals surface area (Å²) in [5, 5.41) is 4.28. The maximum absolute atomic E-state index is 13.4. The molecular formula is C24H27N3O2. The molecule has 1 unspecified atom stereocenters. The predicted molar refractivity (Wildman–Crippen MR) is 113 cm³/mol. The highest BCUT2D eigenvalue weighted by atomic mass is 16.5. The largest absolute Gasteiger partial charge is 0.496 e. The van der Waals surface area contributed by atoms with Crippen LogP contribution in [0.25, 0.3) is 0 Å². The van der Waals surface area contributed by atoms with E-state index in [2.05, 4.69) is 34.3 Å². The van der Waals surface area contributed by atoms with E-state index in [1.54, 1.807) is 13.3 Å². The van der Waals surface area contributed by atoms with Gasteiger partial charge in [-0.3, -0.25) is 9.48 Å². The van der Waals surface area contributed by atoms with E-state index in [1.807, 2.05) is 41.2 Å². The zero-order chi connectivity index (χ0) is 20.1. The van der Waals surface area contributed by atoms with Crippen molar-refractivity contribution in [2.45, 2.75) is 38.3 Å². The third-order valence-electron chi connectivity index (χ3n) is 5.62. The average molecular weight is 389 g/mol. The maximum Gasteiger partial charge on any atom is 0.254 e. The summed E-state index contributed by atoms with van der Waals surface area (Å²) in [6.07, 6.45) is 7.86. The van der Waals surface area contributed by atoms with E-state index >= 15 is 0 Å². The van der Waals surface area contributed by atoms with Crippen LogP contribution in [0.2, 0.25) is 0 Å². The van der Waals surface area contributed by atoms with Crippen LogP contribution in [-0.2, 0) is 13.0 Å². The van der Waals surface area contributed by atoms with Crippen molar-refractivity contribution in [3.05, 3.63) is 83.7 Å². The monoisotopic (exact) mass is 389 g/mol. The molecule has 29 heavy (non-hydrogen) atoms. The third kappa shape index (κ3) is 4.50. The highest BCUT2D eigenvalue weighted by molar-refractivity contribution is 5.95. The summed E-state index contributed by atoms with van der Waals surface area (Å²) < 4.78 is 7.35. The van der Waals surface area contributed by atoms with Crippen molar-refractivity contribution in [1.82, 2.24) is 14.7 Å². The third-order valence-corrected chi connectivity index (χ3v) is 5.62. The lowest BCUT2D eigenvalue weighted by Crippen LogP contribution is -2.44. The molecule has 1 fully saturated rings. The van der Waals surface area contributed by atoms with Crippen LogP contribution < -0.4 is 4.74 Å². The predicted octanol–water partition coefficient (Wildman–Crippen LogP) is 4.18. The first kappa shape index (κ1) is 19.2. The molecule has 1 aromatic heterocycles. The number of nitrogens with zero attached hydrogens (tertiary/aromatic N) is 3. The minimum absolute atomic E-state index is 0.106. The van der Waals surface area contributed by atoms with Gasteiger partial charge in [0.25, 0.3) is 5.91 Å². The van der Waals surface area contributed by atoms with E-state index in [0.29, 0.717) is 12.1 Å². The van der Waals surface area contributed by atoms with Crippen LogP contribution in [0.15, 0.2) is 67.0 Å². The SMILES string of the molecule is COc1ccc(C(=O)N2CCCCC2Cc2ccccc2)cc1Cn1cccn1. The summed E-state index contributed by atoms with van der Waals surface area (Å²) in [6, 6.07) is 18.3. The molecule has 2 heterocycles. The van der Waals surface area contributed by atoms with Gasteiger partial charge in [-0.1, -0.05) is 30.3 Å². The Morgan fingerprint density at radius 3 is 2.76 bits per heavy atom. The topological polar surface area (TPSA) is 47.4 Å². The standard InChI is InChI=1S/C24H27N3O2/c1-29-23-12-11-20(17-21(23)18-26-14-7-13-25-26)24(28)27-15-6-5-10-22(27)16-19-8-3-2-4-9-19/h2-4,7-9,11-14,17,22H,5-6,10,15-16,18H2,1H3. The summed E-state index contributed by atoms with van der Waals surface area (Å²) in [6.45, 7) is 1.39. The molecule has 1 aliphatic heterocycles. The Labute approximate surface area is 171 Å². The second kappa shape index (κ2) is 8.95. The van der Waals surface area contributed by atoms with Gasteiger partial charge in [0, 0.05) is 36.1 Å². The second-order valence-electron chi connectivity index (χ2n) is 7.57. The van der Waals surface area contributed by atoms with Crippen molar-refractivity contribution in [1.29, 1.82) is 0 Å². The number of amides is 1. The van der Waals surface area contributed by atoms with E-state index in [9.17, 15) is 4.79 Å². The van der Waals surface area contributed by atoms with Crippen molar-refractivity contribution < 1.29 is 9.53 Å². The van der Waals surface area contributed by atoms with Gasteiger partial charge in [0.05, 0.1) is 13.7 Å². The van der Waals surface area contributed by atoms with Gasteiger partial charge in [0.1, 0.15) is 5.75 Å². The lowest BCUT2D eigenvalue weighted by atomic mass is 9.94. The Balaban J connectivity index is 1.56. The first-order chi connectivity index (χ1) is 14.2. The molecule has 0 aliphatic carbocycles. The number of carbonyl (C=O) groups excluding carboxylic acids is 1. The van der Waals surface area contributed by atoms with Crippen molar-refractivity contribution >= 4 is 5.91 Å². The van der Waals surface area contributed by atoms with E-state index < -0.39 is 0 Å². The van der Waals surface area contributed by atoms with Crippen LogP contribution in [0.1, 0.15) is 40.7 Å². The van der Waals surface area contributed by atoms with Crippen molar-refractivity contribution in [3.8, 4) is 5.75 Å². The molecule has 150 valence electrons. The molecule has 5 nitrogen and oxygen atoms in total. The average Bonchev–Trinajstić information content (AvgIpc) is 3.27. The number of hydrogen-bond donors (Lipinski definition) is 0. The van der Waals surface area contributed by atoms with Crippen molar-refractivity contribution in [2.24, 2.45) is 0 Å². The minimum atomic E-state index is 0.106. The number of ether oxygens (including phenoxy) is 1. The van der Waals surface area contributed by atoms with Crippen LogP contribution in [-0.4, -0.2) is 40.3 Å². The minimum Gasteiger partial charge on any atom is -0.496 e. The van der Waals surface area contributed by atoms with Gasteiger partial charge in [-0.2, -0.15) is 5.10 Å². The van der Waals surface area contributed by atoms with E-state index in [-0.39, 0.29) is 11.9 Å². The number of carbonyl (C=O) groups is 1. The van der Waals surface area contributed by atoms with Gasteiger partial charge < -0.3 is 9.64 Å². The molecule has 0 spiro atoms. The Morgan fingerprint density at radius 2 is 2.00 bits per heavy atom. The van der Waals surface area contributed by atoms with E-state index in [4.69, 9.17) is 4.74 Å². The highest BCUT2D eigenvalue weighted by Crippen LogP contribution is 2.26. The fourth-order valence-electron chi connectivity index (χ4n) is 4.14. The normalized spacial score (nSPS) is 16.6. The molecule has 1 aliphatic rings. The Kier molecular flexibility index (Phi) is 5.94. The highest BCUT2D eigenvalue weighted by Gasteiger charge is 2.28. The molecule has 3 aromatic rings. The van der Waals surface area contributed by atoms with Crippen molar-refractivity contribution in [2.75, 3.05) is 13.7 Å². The van der Waals surface area contributed by atoms with Gasteiger partial charge in [-0.15, -0.1) is 0 Å². The fraction of sp³-hybridized carbons (Fsp3) is 0.333. The van der Waals surface area contributed by atoms with Crippen LogP contribution in [0.5, 0.6) is 5.75 Å². The summed E-state index contributed by atoms with van der Waals surface area (Å²) in [5.74, 6) is 0.881. The molecule has 2 aromatic carbocycles. The first-order valence-electron chi connectivity index (χ1n) is 10.2. The molecule has 0 saturated carbocycles. The zero-order valence-corrected chi connectivity index (χ0v) is 16.8. The molecule has 0 bridgehead atoms. The van der Waals surface area contributed by atoms with Crippen LogP contribution >= 0.6 is 0 Å². The summed E-state index contributed by atoms with van der Waals surface area (Å²) in [5.41, 5.74) is 2.96. The zero-order valence-electron chi connectivity index (χ0n) is 16.8. The molecular weight excluding hydrogens is 362 g/mol. The van der Waals surface area contributed by atoms with E-state index in [0.717, 1.165) is 37.1 Å². The Bertz CT molecular complexity index is 938. The fourth-order valence-corrected chi connectivity index (χ4v) is 4.14. The molecule has 1 atom stereocenters. The van der Waals surface area contributed by atoms with Gasteiger partial charge in [0.2, 0.25) is 0 Å². The molecule has 0 radical (unpaired) electrons. The summed E-state index contributed by atoms with van der Waals surface area (Å²) >= 11 is 0. The molecule has 0 N–H and O–H groups in total.